The minimum absolute atomic E-state index is 0.0948. The fourth-order valence-electron chi connectivity index (χ4n) is 3.30. The lowest BCUT2D eigenvalue weighted by Gasteiger charge is -2.30. The summed E-state index contributed by atoms with van der Waals surface area (Å²) in [7, 11) is 5.63. The van der Waals surface area contributed by atoms with Gasteiger partial charge < -0.3 is 25.0 Å². The van der Waals surface area contributed by atoms with Gasteiger partial charge in [-0.15, -0.1) is 0 Å². The van der Waals surface area contributed by atoms with E-state index in [-0.39, 0.29) is 10.9 Å². The van der Waals surface area contributed by atoms with Crippen LogP contribution in [0.4, 0.5) is 17.1 Å². The second kappa shape index (κ2) is 6.66. The monoisotopic (exact) mass is 366 g/mol. The van der Waals surface area contributed by atoms with Gasteiger partial charge in [-0.2, -0.15) is 0 Å². The molecular formula is C19H20N5O3-. The number of aromatic nitrogens is 1. The van der Waals surface area contributed by atoms with Gasteiger partial charge in [0.05, 0.1) is 46.9 Å². The third-order valence-corrected chi connectivity index (χ3v) is 4.69. The van der Waals surface area contributed by atoms with Gasteiger partial charge >= 0.3 is 0 Å². The van der Waals surface area contributed by atoms with Crippen LogP contribution in [0.5, 0.6) is 5.75 Å². The van der Waals surface area contributed by atoms with E-state index >= 15 is 0 Å². The van der Waals surface area contributed by atoms with Gasteiger partial charge in [0.1, 0.15) is 5.75 Å². The fourth-order valence-corrected chi connectivity index (χ4v) is 3.30. The molecule has 3 aromatic rings. The van der Waals surface area contributed by atoms with Gasteiger partial charge in [-0.1, -0.05) is 0 Å². The van der Waals surface area contributed by atoms with Gasteiger partial charge in [0.2, 0.25) is 0 Å². The highest BCUT2D eigenvalue weighted by Gasteiger charge is 2.22. The number of methoxy groups -OCH3 is 1. The molecule has 2 aromatic carbocycles. The highest BCUT2D eigenvalue weighted by atomic mass is 16.8. The normalized spacial score (nSPS) is 13.0. The Morgan fingerprint density at radius 3 is 2.74 bits per heavy atom. The number of anilines is 2. The van der Waals surface area contributed by atoms with Gasteiger partial charge in [-0.3, -0.25) is 5.21 Å². The SMILES string of the molecule is COc1ccc2nc3c(N([O-])O)ccc4c3c(c2c1)N=CN4CCN(C)C. The topological polar surface area (TPSA) is 87.5 Å². The molecule has 0 unspecified atom stereocenters. The summed E-state index contributed by atoms with van der Waals surface area (Å²) in [6, 6.07) is 8.91. The number of rotatable bonds is 5. The lowest BCUT2D eigenvalue weighted by Crippen LogP contribution is -2.31. The lowest BCUT2D eigenvalue weighted by molar-refractivity contribution is 0.297. The first kappa shape index (κ1) is 17.5. The van der Waals surface area contributed by atoms with Gasteiger partial charge in [0.25, 0.3) is 0 Å². The molecule has 1 N–H and O–H groups in total. The van der Waals surface area contributed by atoms with Crippen LogP contribution >= 0.6 is 0 Å². The van der Waals surface area contributed by atoms with Crippen LogP contribution in [-0.4, -0.2) is 55.7 Å². The molecule has 8 nitrogen and oxygen atoms in total. The van der Waals surface area contributed by atoms with Crippen LogP contribution < -0.4 is 14.9 Å². The molecular weight excluding hydrogens is 346 g/mol. The number of hydrogen-bond acceptors (Lipinski definition) is 8. The Hall–Kier alpha value is -2.94. The summed E-state index contributed by atoms with van der Waals surface area (Å²) < 4.78 is 5.34. The molecule has 0 aliphatic carbocycles. The van der Waals surface area contributed by atoms with Crippen LogP contribution in [-0.2, 0) is 0 Å². The summed E-state index contributed by atoms with van der Waals surface area (Å²) in [5.41, 5.74) is 2.81. The third kappa shape index (κ3) is 2.93. The Morgan fingerprint density at radius 1 is 1.22 bits per heavy atom. The second-order valence-electron chi connectivity index (χ2n) is 6.69. The minimum atomic E-state index is -0.145. The zero-order chi connectivity index (χ0) is 19.1. The maximum absolute atomic E-state index is 11.7. The summed E-state index contributed by atoms with van der Waals surface area (Å²) in [5.74, 6) is 0.704. The summed E-state index contributed by atoms with van der Waals surface area (Å²) in [4.78, 5) is 13.4. The molecule has 1 aromatic heterocycles. The Labute approximate surface area is 156 Å². The molecule has 4 rings (SSSR count). The van der Waals surface area contributed by atoms with E-state index in [1.807, 2.05) is 37.2 Å². The average molecular weight is 366 g/mol. The summed E-state index contributed by atoms with van der Waals surface area (Å²) in [6.07, 6.45) is 1.80. The van der Waals surface area contributed by atoms with E-state index in [1.54, 1.807) is 25.6 Å². The summed E-state index contributed by atoms with van der Waals surface area (Å²) >= 11 is 0. The molecule has 27 heavy (non-hydrogen) atoms. The van der Waals surface area contributed by atoms with Gasteiger partial charge in [-0.25, -0.2) is 9.98 Å². The Morgan fingerprint density at radius 2 is 2.04 bits per heavy atom. The first-order chi connectivity index (χ1) is 13.0. The highest BCUT2D eigenvalue weighted by molar-refractivity contribution is 6.18. The van der Waals surface area contributed by atoms with Crippen molar-refractivity contribution in [3.05, 3.63) is 35.5 Å². The van der Waals surface area contributed by atoms with Crippen molar-refractivity contribution in [3.8, 4) is 5.75 Å². The van der Waals surface area contributed by atoms with Crippen molar-refractivity contribution in [1.82, 2.24) is 9.88 Å². The van der Waals surface area contributed by atoms with E-state index in [1.165, 1.54) is 0 Å². The maximum Gasteiger partial charge on any atom is 0.119 e. The highest BCUT2D eigenvalue weighted by Crippen LogP contribution is 2.44. The number of likely N-dealkylation sites (N-methyl/N-ethyl adjacent to an activating group) is 1. The Kier molecular flexibility index (Phi) is 4.31. The standard InChI is InChI=1S/C19H20N5O3/c1-22(2)8-9-23-11-20-18-13-10-12(27-3)4-5-14(13)21-19-16(24(25)26)7-6-15(23)17(18)19/h4-7,10-11,25H,8-9H2,1-3H3/q-1. The van der Waals surface area contributed by atoms with Crippen LogP contribution in [0, 0.1) is 5.21 Å². The molecule has 0 saturated carbocycles. The molecule has 8 heteroatoms. The summed E-state index contributed by atoms with van der Waals surface area (Å²) in [5, 5.41) is 22.7. The first-order valence-electron chi connectivity index (χ1n) is 8.55. The molecule has 0 amide bonds. The predicted octanol–water partition coefficient (Wildman–Crippen LogP) is 3.13. The van der Waals surface area contributed by atoms with Crippen molar-refractivity contribution >= 4 is 45.2 Å². The number of pyridine rings is 1. The number of benzene rings is 2. The van der Waals surface area contributed by atoms with E-state index in [4.69, 9.17) is 4.74 Å². The first-order valence-corrected chi connectivity index (χ1v) is 8.55. The largest absolute Gasteiger partial charge is 0.733 e. The average Bonchev–Trinajstić information content (AvgIpc) is 2.66. The van der Waals surface area contributed by atoms with Gasteiger partial charge in [0, 0.05) is 18.5 Å². The molecule has 2 heterocycles. The van der Waals surface area contributed by atoms with E-state index in [9.17, 15) is 10.4 Å². The molecule has 0 fully saturated rings. The van der Waals surface area contributed by atoms with E-state index < -0.39 is 0 Å². The number of hydrogen-bond donors (Lipinski definition) is 1. The minimum Gasteiger partial charge on any atom is -0.733 e. The zero-order valence-electron chi connectivity index (χ0n) is 15.4. The molecule has 0 spiro atoms. The number of nitrogens with zero attached hydrogens (tertiary/aromatic N) is 5. The second-order valence-corrected chi connectivity index (χ2v) is 6.69. The van der Waals surface area contributed by atoms with Crippen LogP contribution in [0.25, 0.3) is 21.8 Å². The van der Waals surface area contributed by atoms with Crippen molar-refractivity contribution in [3.63, 3.8) is 0 Å². The van der Waals surface area contributed by atoms with Crippen molar-refractivity contribution in [2.24, 2.45) is 4.99 Å². The predicted molar refractivity (Wildman–Crippen MR) is 107 cm³/mol. The Balaban J connectivity index is 2.01. The van der Waals surface area contributed by atoms with Gasteiger partial charge in [-0.05, 0) is 44.4 Å². The van der Waals surface area contributed by atoms with E-state index in [0.29, 0.717) is 22.5 Å². The molecule has 140 valence electrons. The molecule has 0 radical (unpaired) electrons. The lowest BCUT2D eigenvalue weighted by atomic mass is 10.0. The smallest absolute Gasteiger partial charge is 0.119 e. The van der Waals surface area contributed by atoms with Crippen molar-refractivity contribution in [1.29, 1.82) is 0 Å². The van der Waals surface area contributed by atoms with Crippen LogP contribution in [0.1, 0.15) is 0 Å². The third-order valence-electron chi connectivity index (χ3n) is 4.69. The van der Waals surface area contributed by atoms with Crippen molar-refractivity contribution in [2.45, 2.75) is 0 Å². The Bertz CT molecular complexity index is 1050. The molecule has 1 aliphatic rings. The molecule has 1 aliphatic heterocycles. The molecule has 0 saturated heterocycles. The van der Waals surface area contributed by atoms with Crippen molar-refractivity contribution < 1.29 is 9.94 Å². The van der Waals surface area contributed by atoms with Crippen LogP contribution in [0.15, 0.2) is 35.3 Å². The fraction of sp³-hybridized carbons (Fsp3) is 0.263. The molecule has 0 bridgehead atoms. The van der Waals surface area contributed by atoms with Crippen molar-refractivity contribution in [2.75, 3.05) is 44.4 Å². The molecule has 0 atom stereocenters. The number of fused-ring (bicyclic) bond motifs is 2. The summed E-state index contributed by atoms with van der Waals surface area (Å²) in [6.45, 7) is 1.58. The number of ether oxygens (including phenoxy) is 1. The van der Waals surface area contributed by atoms with Crippen LogP contribution in [0.3, 0.4) is 0 Å². The number of aliphatic imine (C=N–C) groups is 1. The quantitative estimate of drug-likeness (QED) is 0.548. The zero-order valence-corrected chi connectivity index (χ0v) is 15.4. The van der Waals surface area contributed by atoms with Crippen LogP contribution in [0.2, 0.25) is 0 Å². The van der Waals surface area contributed by atoms with Gasteiger partial charge in [0.15, 0.2) is 0 Å². The maximum atomic E-state index is 11.7. The van der Waals surface area contributed by atoms with E-state index in [0.717, 1.165) is 29.5 Å². The van der Waals surface area contributed by atoms with E-state index in [2.05, 4.69) is 14.9 Å².